The van der Waals surface area contributed by atoms with Gasteiger partial charge in [0.15, 0.2) is 5.82 Å². The Labute approximate surface area is 186 Å². The van der Waals surface area contributed by atoms with Crippen LogP contribution in [-0.4, -0.2) is 52.1 Å². The van der Waals surface area contributed by atoms with Gasteiger partial charge in [-0.15, -0.1) is 11.3 Å². The van der Waals surface area contributed by atoms with E-state index in [1.54, 1.807) is 18.3 Å². The van der Waals surface area contributed by atoms with E-state index in [-0.39, 0.29) is 5.91 Å². The number of rotatable bonds is 3. The average molecular weight is 448 g/mol. The SMILES string of the molecule is O=C1Nc2nccnc2C1c1ccc(F)c(-c2ncnc3cc(N4CCOCC4)sc23)c1. The van der Waals surface area contributed by atoms with Crippen molar-refractivity contribution in [1.82, 2.24) is 19.9 Å². The van der Waals surface area contributed by atoms with Gasteiger partial charge in [-0.2, -0.15) is 0 Å². The summed E-state index contributed by atoms with van der Waals surface area (Å²) in [6.45, 7) is 2.96. The van der Waals surface area contributed by atoms with Gasteiger partial charge in [0, 0.05) is 31.0 Å². The second kappa shape index (κ2) is 7.57. The number of halogens is 1. The summed E-state index contributed by atoms with van der Waals surface area (Å²) in [7, 11) is 0. The van der Waals surface area contributed by atoms with E-state index in [2.05, 4.69) is 30.2 Å². The van der Waals surface area contributed by atoms with Gasteiger partial charge in [-0.05, 0) is 23.8 Å². The molecule has 3 aromatic heterocycles. The Hall–Kier alpha value is -3.50. The minimum Gasteiger partial charge on any atom is -0.378 e. The van der Waals surface area contributed by atoms with Crippen molar-refractivity contribution in [3.63, 3.8) is 0 Å². The van der Waals surface area contributed by atoms with E-state index in [1.807, 2.05) is 6.07 Å². The number of hydrogen-bond acceptors (Lipinski definition) is 8. The van der Waals surface area contributed by atoms with Crippen LogP contribution in [0.4, 0.5) is 15.2 Å². The van der Waals surface area contributed by atoms with Crippen LogP contribution in [-0.2, 0) is 9.53 Å². The highest BCUT2D eigenvalue weighted by molar-refractivity contribution is 7.23. The van der Waals surface area contributed by atoms with E-state index in [4.69, 9.17) is 4.74 Å². The van der Waals surface area contributed by atoms with Crippen LogP contribution < -0.4 is 10.2 Å². The number of carbonyl (C=O) groups excluding carboxylic acids is 1. The first-order valence-corrected chi connectivity index (χ1v) is 11.0. The van der Waals surface area contributed by atoms with Gasteiger partial charge in [-0.3, -0.25) is 9.78 Å². The lowest BCUT2D eigenvalue weighted by atomic mass is 9.94. The van der Waals surface area contributed by atoms with Crippen molar-refractivity contribution in [3.8, 4) is 11.3 Å². The number of aromatic nitrogens is 4. The lowest BCUT2D eigenvalue weighted by Crippen LogP contribution is -2.35. The minimum atomic E-state index is -0.650. The number of anilines is 2. The molecule has 10 heteroatoms. The summed E-state index contributed by atoms with van der Waals surface area (Å²) in [4.78, 5) is 32.2. The molecule has 1 N–H and O–H groups in total. The molecule has 0 saturated carbocycles. The third-order valence-corrected chi connectivity index (χ3v) is 6.90. The first-order chi connectivity index (χ1) is 15.7. The first-order valence-electron chi connectivity index (χ1n) is 10.2. The number of amides is 1. The quantitative estimate of drug-likeness (QED) is 0.514. The van der Waals surface area contributed by atoms with Gasteiger partial charge in [0.2, 0.25) is 5.91 Å². The maximum Gasteiger partial charge on any atom is 0.239 e. The third kappa shape index (κ3) is 3.10. The highest BCUT2D eigenvalue weighted by Gasteiger charge is 2.35. The molecule has 4 aromatic rings. The van der Waals surface area contributed by atoms with Gasteiger partial charge < -0.3 is 15.0 Å². The van der Waals surface area contributed by atoms with Crippen molar-refractivity contribution in [2.45, 2.75) is 5.92 Å². The smallest absolute Gasteiger partial charge is 0.239 e. The number of nitrogens with one attached hydrogen (secondary N) is 1. The minimum absolute atomic E-state index is 0.234. The Balaban J connectivity index is 1.45. The first kappa shape index (κ1) is 19.2. The number of carbonyl (C=O) groups is 1. The fourth-order valence-corrected chi connectivity index (χ4v) is 5.32. The van der Waals surface area contributed by atoms with Crippen LogP contribution in [0.3, 0.4) is 0 Å². The molecule has 6 rings (SSSR count). The predicted octanol–water partition coefficient (Wildman–Crippen LogP) is 3.21. The van der Waals surface area contributed by atoms with Crippen molar-refractivity contribution in [2.75, 3.05) is 36.5 Å². The van der Waals surface area contributed by atoms with Gasteiger partial charge in [0.05, 0.1) is 39.8 Å². The molecule has 0 bridgehead atoms. The summed E-state index contributed by atoms with van der Waals surface area (Å²) in [6.07, 6.45) is 4.52. The van der Waals surface area contributed by atoms with E-state index in [9.17, 15) is 4.79 Å². The number of benzene rings is 1. The van der Waals surface area contributed by atoms with E-state index in [0.717, 1.165) is 28.3 Å². The van der Waals surface area contributed by atoms with Gasteiger partial charge in [-0.25, -0.2) is 19.3 Å². The number of ether oxygens (including phenoxy) is 1. The maximum atomic E-state index is 15.0. The average Bonchev–Trinajstić information content (AvgIpc) is 3.41. The summed E-state index contributed by atoms with van der Waals surface area (Å²) < 4.78 is 21.3. The summed E-state index contributed by atoms with van der Waals surface area (Å²) in [5.41, 5.74) is 2.77. The number of fused-ring (bicyclic) bond motifs is 2. The van der Waals surface area contributed by atoms with Crippen molar-refractivity contribution in [3.05, 3.63) is 60.1 Å². The number of hydrogen-bond donors (Lipinski definition) is 1. The van der Waals surface area contributed by atoms with E-state index < -0.39 is 11.7 Å². The molecule has 2 aliphatic heterocycles. The Bertz CT molecular complexity index is 1350. The summed E-state index contributed by atoms with van der Waals surface area (Å²) >= 11 is 1.54. The molecule has 1 aromatic carbocycles. The van der Waals surface area contributed by atoms with Crippen molar-refractivity contribution < 1.29 is 13.9 Å². The van der Waals surface area contributed by atoms with Crippen LogP contribution in [0.1, 0.15) is 17.2 Å². The standard InChI is InChI=1S/C22H17FN6O2S/c23-14-2-1-12(17-19-21(28-22(17)30)25-4-3-24-19)9-13(14)18-20-15(26-11-27-18)10-16(32-20)29-5-7-31-8-6-29/h1-4,9-11,17H,5-8H2,(H,25,28,30). The Morgan fingerprint density at radius 2 is 1.94 bits per heavy atom. The maximum absolute atomic E-state index is 15.0. The molecule has 1 fully saturated rings. The molecule has 1 atom stereocenters. The second-order valence-electron chi connectivity index (χ2n) is 7.57. The zero-order valence-corrected chi connectivity index (χ0v) is 17.6. The van der Waals surface area contributed by atoms with E-state index in [1.165, 1.54) is 29.9 Å². The van der Waals surface area contributed by atoms with E-state index >= 15 is 4.39 Å². The van der Waals surface area contributed by atoms with Gasteiger partial charge in [0.25, 0.3) is 0 Å². The van der Waals surface area contributed by atoms with Gasteiger partial charge >= 0.3 is 0 Å². The zero-order chi connectivity index (χ0) is 21.7. The molecule has 0 spiro atoms. The van der Waals surface area contributed by atoms with Crippen molar-refractivity contribution in [1.29, 1.82) is 0 Å². The number of nitrogens with zero attached hydrogens (tertiary/aromatic N) is 5. The largest absolute Gasteiger partial charge is 0.378 e. The molecule has 2 aliphatic rings. The van der Waals surface area contributed by atoms with Crippen LogP contribution in [0.15, 0.2) is 43.0 Å². The molecule has 0 radical (unpaired) electrons. The molecule has 1 amide bonds. The van der Waals surface area contributed by atoms with E-state index in [0.29, 0.717) is 41.5 Å². The van der Waals surface area contributed by atoms with Crippen LogP contribution in [0.25, 0.3) is 21.5 Å². The molecule has 5 heterocycles. The molecule has 160 valence electrons. The van der Waals surface area contributed by atoms with Crippen LogP contribution in [0, 0.1) is 5.82 Å². The third-order valence-electron chi connectivity index (χ3n) is 5.70. The number of thiophene rings is 1. The fraction of sp³-hybridized carbons (Fsp3) is 0.227. The molecular formula is C22H17FN6O2S. The predicted molar refractivity (Wildman–Crippen MR) is 118 cm³/mol. The zero-order valence-electron chi connectivity index (χ0n) is 16.8. The lowest BCUT2D eigenvalue weighted by Gasteiger charge is -2.27. The van der Waals surface area contributed by atoms with Gasteiger partial charge in [0.1, 0.15) is 18.1 Å². The van der Waals surface area contributed by atoms with Crippen LogP contribution >= 0.6 is 11.3 Å². The van der Waals surface area contributed by atoms with Crippen molar-refractivity contribution >= 4 is 38.3 Å². The number of morpholine rings is 1. The molecule has 1 saturated heterocycles. The topological polar surface area (TPSA) is 93.1 Å². The molecule has 1 unspecified atom stereocenters. The normalized spacial score (nSPS) is 18.1. The Kier molecular flexibility index (Phi) is 4.54. The summed E-state index contributed by atoms with van der Waals surface area (Å²) in [5, 5.41) is 3.80. The molecule has 0 aliphatic carbocycles. The Morgan fingerprint density at radius 3 is 2.81 bits per heavy atom. The summed E-state index contributed by atoms with van der Waals surface area (Å²) in [6, 6.07) is 6.67. The molecule has 32 heavy (non-hydrogen) atoms. The van der Waals surface area contributed by atoms with Crippen LogP contribution in [0.5, 0.6) is 0 Å². The highest BCUT2D eigenvalue weighted by Crippen LogP contribution is 2.40. The lowest BCUT2D eigenvalue weighted by molar-refractivity contribution is -0.116. The monoisotopic (exact) mass is 448 g/mol. The second-order valence-corrected chi connectivity index (χ2v) is 8.60. The highest BCUT2D eigenvalue weighted by atomic mass is 32.1. The fourth-order valence-electron chi connectivity index (χ4n) is 4.16. The van der Waals surface area contributed by atoms with Crippen molar-refractivity contribution in [2.24, 2.45) is 0 Å². The molecular weight excluding hydrogens is 431 g/mol. The Morgan fingerprint density at radius 1 is 1.09 bits per heavy atom. The molecule has 8 nitrogen and oxygen atoms in total. The van der Waals surface area contributed by atoms with Gasteiger partial charge in [-0.1, -0.05) is 6.07 Å². The van der Waals surface area contributed by atoms with Crippen LogP contribution in [0.2, 0.25) is 0 Å². The summed E-state index contributed by atoms with van der Waals surface area (Å²) in [5.74, 6) is -0.857.